The number of nitrogens with zero attached hydrogens (tertiary/aromatic N) is 2. The minimum atomic E-state index is -3.91. The minimum absolute atomic E-state index is 0.0648. The molecule has 35 heavy (non-hydrogen) atoms. The first-order valence-corrected chi connectivity index (χ1v) is 12.6. The van der Waals surface area contributed by atoms with Crippen molar-refractivity contribution in [2.45, 2.75) is 31.2 Å². The molecule has 2 N–H and O–H groups in total. The van der Waals surface area contributed by atoms with Crippen LogP contribution in [0.5, 0.6) is 0 Å². The normalized spacial score (nSPS) is 13.7. The number of sulfone groups is 1. The number of hydrogen-bond donors (Lipinski definition) is 2. The van der Waals surface area contributed by atoms with Crippen LogP contribution >= 0.6 is 0 Å². The summed E-state index contributed by atoms with van der Waals surface area (Å²) in [6, 6.07) is 9.19. The number of benzene rings is 2. The summed E-state index contributed by atoms with van der Waals surface area (Å²) in [5.41, 5.74) is 1.62. The Morgan fingerprint density at radius 3 is 2.43 bits per heavy atom. The van der Waals surface area contributed by atoms with Crippen LogP contribution in [0.15, 0.2) is 47.4 Å². The molecule has 0 saturated heterocycles. The van der Waals surface area contributed by atoms with Crippen molar-refractivity contribution in [3.05, 3.63) is 70.1 Å². The number of amides is 1. The number of hydroxylamine groups is 1. The molecule has 0 aliphatic heterocycles. The zero-order valence-electron chi connectivity index (χ0n) is 19.8. The molecule has 0 radical (unpaired) electrons. The third-order valence-electron chi connectivity index (χ3n) is 6.17. The standard InChI is InChI=1S/C24H27F2N3O5S/c1-24(23(31)27-32,35(4,33)34)10-12-29-11-9-16-13-15(5-8-19(16)22(29)30)18-7-6-17(14-28(2)3)20(25)21(18)26/h5-9,11,13,32H,10,12,14H2,1-4H3,(H,27,31). The van der Waals surface area contributed by atoms with Crippen LogP contribution in [0, 0.1) is 11.6 Å². The van der Waals surface area contributed by atoms with E-state index in [1.54, 1.807) is 31.1 Å². The predicted octanol–water partition coefficient (Wildman–Crippen LogP) is 2.71. The van der Waals surface area contributed by atoms with Gasteiger partial charge in [-0.05, 0) is 56.6 Å². The number of carbonyl (C=O) groups excluding carboxylic acids is 1. The van der Waals surface area contributed by atoms with E-state index in [1.165, 1.54) is 47.4 Å². The van der Waals surface area contributed by atoms with Crippen LogP contribution in [0.3, 0.4) is 0 Å². The van der Waals surface area contributed by atoms with E-state index in [2.05, 4.69) is 0 Å². The molecule has 1 amide bonds. The second-order valence-electron chi connectivity index (χ2n) is 8.95. The van der Waals surface area contributed by atoms with E-state index in [1.807, 2.05) is 0 Å². The summed E-state index contributed by atoms with van der Waals surface area (Å²) in [5.74, 6) is -2.99. The largest absolute Gasteiger partial charge is 0.315 e. The quantitative estimate of drug-likeness (QED) is 0.359. The van der Waals surface area contributed by atoms with Gasteiger partial charge in [0.15, 0.2) is 26.2 Å². The van der Waals surface area contributed by atoms with Crippen LogP contribution in [-0.4, -0.2) is 54.1 Å². The van der Waals surface area contributed by atoms with Gasteiger partial charge in [0.25, 0.3) is 11.5 Å². The van der Waals surface area contributed by atoms with Gasteiger partial charge >= 0.3 is 0 Å². The highest BCUT2D eigenvalue weighted by atomic mass is 32.2. The van der Waals surface area contributed by atoms with Gasteiger partial charge in [0, 0.05) is 42.1 Å². The molecule has 188 valence electrons. The zero-order valence-corrected chi connectivity index (χ0v) is 20.6. The minimum Gasteiger partial charge on any atom is -0.315 e. The Morgan fingerprint density at radius 2 is 1.83 bits per heavy atom. The highest BCUT2D eigenvalue weighted by Crippen LogP contribution is 2.29. The fourth-order valence-corrected chi connectivity index (χ4v) is 4.67. The van der Waals surface area contributed by atoms with E-state index < -0.39 is 37.7 Å². The summed E-state index contributed by atoms with van der Waals surface area (Å²) in [6.45, 7) is 1.31. The lowest BCUT2D eigenvalue weighted by Crippen LogP contribution is -2.49. The van der Waals surface area contributed by atoms with Crippen molar-refractivity contribution in [3.8, 4) is 11.1 Å². The van der Waals surface area contributed by atoms with Crippen LogP contribution in [-0.2, 0) is 27.7 Å². The zero-order chi connectivity index (χ0) is 26.1. The van der Waals surface area contributed by atoms with Gasteiger partial charge in [-0.3, -0.25) is 14.8 Å². The molecule has 2 aromatic carbocycles. The molecule has 0 bridgehead atoms. The number of aryl methyl sites for hydroxylation is 1. The molecule has 1 heterocycles. The number of carbonyl (C=O) groups is 1. The average Bonchev–Trinajstić information content (AvgIpc) is 2.79. The van der Waals surface area contributed by atoms with Gasteiger partial charge in [-0.25, -0.2) is 22.7 Å². The molecule has 0 aliphatic rings. The van der Waals surface area contributed by atoms with E-state index in [0.717, 1.165) is 6.26 Å². The third-order valence-corrected chi connectivity index (χ3v) is 8.19. The van der Waals surface area contributed by atoms with Crippen molar-refractivity contribution >= 4 is 26.5 Å². The van der Waals surface area contributed by atoms with Gasteiger partial charge in [0.1, 0.15) is 0 Å². The number of nitrogens with one attached hydrogen (secondary N) is 1. The fraction of sp³-hybridized carbons (Fsp3) is 0.333. The lowest BCUT2D eigenvalue weighted by Gasteiger charge is -2.25. The molecule has 8 nitrogen and oxygen atoms in total. The summed E-state index contributed by atoms with van der Waals surface area (Å²) in [6.07, 6.45) is 2.05. The number of pyridine rings is 1. The Hall–Kier alpha value is -3.15. The molecule has 11 heteroatoms. The topological polar surface area (TPSA) is 109 Å². The Bertz CT molecular complexity index is 1450. The molecule has 3 aromatic rings. The summed E-state index contributed by atoms with van der Waals surface area (Å²) < 4.78 is 52.9. The van der Waals surface area contributed by atoms with Crippen molar-refractivity contribution < 1.29 is 27.2 Å². The van der Waals surface area contributed by atoms with Gasteiger partial charge in [-0.15, -0.1) is 0 Å². The molecule has 3 rings (SSSR count). The summed E-state index contributed by atoms with van der Waals surface area (Å²) >= 11 is 0. The molecule has 0 fully saturated rings. The first kappa shape index (κ1) is 26.5. The maximum absolute atomic E-state index is 14.8. The Balaban J connectivity index is 1.96. The van der Waals surface area contributed by atoms with Crippen LogP contribution in [0.1, 0.15) is 18.9 Å². The molecule has 0 saturated carbocycles. The van der Waals surface area contributed by atoms with Crippen molar-refractivity contribution in [3.63, 3.8) is 0 Å². The lowest BCUT2D eigenvalue weighted by molar-refractivity contribution is -0.131. The molecule has 1 atom stereocenters. The number of halogens is 2. The molecule has 0 aliphatic carbocycles. The number of fused-ring (bicyclic) bond motifs is 1. The van der Waals surface area contributed by atoms with Gasteiger partial charge in [-0.1, -0.05) is 18.2 Å². The summed E-state index contributed by atoms with van der Waals surface area (Å²) in [4.78, 5) is 26.7. The predicted molar refractivity (Wildman–Crippen MR) is 129 cm³/mol. The smallest absolute Gasteiger partial charge is 0.264 e. The fourth-order valence-electron chi connectivity index (χ4n) is 3.83. The molecule has 1 aromatic heterocycles. The first-order chi connectivity index (χ1) is 16.3. The average molecular weight is 508 g/mol. The Labute approximate surface area is 201 Å². The summed E-state index contributed by atoms with van der Waals surface area (Å²) in [5, 5.41) is 9.72. The molecule has 1 unspecified atom stereocenters. The molecule has 0 spiro atoms. The highest BCUT2D eigenvalue weighted by Gasteiger charge is 2.43. The van der Waals surface area contributed by atoms with Crippen molar-refractivity contribution in [1.29, 1.82) is 0 Å². The first-order valence-electron chi connectivity index (χ1n) is 10.7. The molecular formula is C24H27F2N3O5S. The third kappa shape index (κ3) is 5.12. The second-order valence-corrected chi connectivity index (χ2v) is 11.4. The van der Waals surface area contributed by atoms with E-state index in [9.17, 15) is 26.8 Å². The van der Waals surface area contributed by atoms with E-state index in [-0.39, 0.29) is 36.0 Å². The van der Waals surface area contributed by atoms with E-state index >= 15 is 0 Å². The number of aromatic nitrogens is 1. The Kier molecular flexibility index (Phi) is 7.44. The second kappa shape index (κ2) is 9.84. The van der Waals surface area contributed by atoms with E-state index in [0.29, 0.717) is 10.9 Å². The van der Waals surface area contributed by atoms with Gasteiger partial charge in [0.2, 0.25) is 0 Å². The van der Waals surface area contributed by atoms with E-state index in [4.69, 9.17) is 5.21 Å². The molecular weight excluding hydrogens is 480 g/mol. The van der Waals surface area contributed by atoms with Crippen LogP contribution in [0.2, 0.25) is 0 Å². The van der Waals surface area contributed by atoms with Crippen LogP contribution in [0.4, 0.5) is 8.78 Å². The van der Waals surface area contributed by atoms with Crippen LogP contribution in [0.25, 0.3) is 21.9 Å². The van der Waals surface area contributed by atoms with Crippen molar-refractivity contribution in [2.75, 3.05) is 20.4 Å². The number of hydrogen-bond acceptors (Lipinski definition) is 6. The van der Waals surface area contributed by atoms with Gasteiger partial charge < -0.3 is 9.47 Å². The van der Waals surface area contributed by atoms with Crippen molar-refractivity contribution in [1.82, 2.24) is 14.9 Å². The Morgan fingerprint density at radius 1 is 1.14 bits per heavy atom. The highest BCUT2D eigenvalue weighted by molar-refractivity contribution is 7.92. The monoisotopic (exact) mass is 507 g/mol. The SMILES string of the molecule is CN(C)Cc1ccc(-c2ccc3c(=O)n(CCC(C)(C(=O)NO)S(C)(=O)=O)ccc3c2)c(F)c1F. The van der Waals surface area contributed by atoms with Gasteiger partial charge in [0.05, 0.1) is 0 Å². The lowest BCUT2D eigenvalue weighted by atomic mass is 9.99. The maximum Gasteiger partial charge on any atom is 0.264 e. The van der Waals surface area contributed by atoms with Crippen LogP contribution < -0.4 is 11.0 Å². The number of rotatable bonds is 8. The van der Waals surface area contributed by atoms with Crippen molar-refractivity contribution in [2.24, 2.45) is 0 Å². The summed E-state index contributed by atoms with van der Waals surface area (Å²) in [7, 11) is -0.403. The van der Waals surface area contributed by atoms with Gasteiger partial charge in [-0.2, -0.15) is 0 Å². The maximum atomic E-state index is 14.8.